The molecular weight excluding hydrogens is 416 g/mol. The summed E-state index contributed by atoms with van der Waals surface area (Å²) in [6.07, 6.45) is 9.27. The van der Waals surface area contributed by atoms with Gasteiger partial charge in [0.1, 0.15) is 0 Å². The number of ether oxygens (including phenoxy) is 5. The van der Waals surface area contributed by atoms with Crippen LogP contribution in [0.2, 0.25) is 0 Å². The molecule has 0 aliphatic heterocycles. The molecule has 0 N–H and O–H groups in total. The first kappa shape index (κ1) is 23.4. The molecule has 1 aromatic rings. The molecule has 3 rings (SSSR count). The quantitative estimate of drug-likeness (QED) is 0.340. The van der Waals surface area contributed by atoms with Crippen LogP contribution in [0.5, 0.6) is 17.2 Å². The lowest BCUT2D eigenvalue weighted by Crippen LogP contribution is -2.50. The lowest BCUT2D eigenvalue weighted by Gasteiger charge is -2.38. The average Bonchev–Trinajstić information content (AvgIpc) is 2.79. The molecule has 32 heavy (non-hydrogen) atoms. The monoisotopic (exact) mass is 444 g/mol. The second kappa shape index (κ2) is 10.3. The molecule has 0 atom stereocenters. The van der Waals surface area contributed by atoms with Crippen molar-refractivity contribution in [2.75, 3.05) is 21.3 Å². The Morgan fingerprint density at radius 3 is 2.12 bits per heavy atom. The van der Waals surface area contributed by atoms with Gasteiger partial charge in [-0.3, -0.25) is 0 Å². The van der Waals surface area contributed by atoms with Gasteiger partial charge in [-0.25, -0.2) is 14.4 Å². The van der Waals surface area contributed by atoms with Gasteiger partial charge < -0.3 is 23.7 Å². The third-order valence-electron chi connectivity index (χ3n) is 5.67. The summed E-state index contributed by atoms with van der Waals surface area (Å²) in [5, 5.41) is 0. The minimum absolute atomic E-state index is 0.342. The number of benzene rings is 1. The molecule has 8 heteroatoms. The predicted molar refractivity (Wildman–Crippen MR) is 115 cm³/mol. The fraction of sp³-hybridized carbons (Fsp3) is 0.458. The second-order valence-electron chi connectivity index (χ2n) is 7.71. The van der Waals surface area contributed by atoms with Gasteiger partial charge in [0.25, 0.3) is 0 Å². The van der Waals surface area contributed by atoms with Crippen LogP contribution in [0, 0.1) is 0 Å². The zero-order valence-electron chi connectivity index (χ0n) is 18.6. The molecule has 8 nitrogen and oxygen atoms in total. The fourth-order valence-corrected chi connectivity index (χ4v) is 3.69. The van der Waals surface area contributed by atoms with E-state index >= 15 is 0 Å². The third-order valence-corrected chi connectivity index (χ3v) is 5.67. The van der Waals surface area contributed by atoms with Gasteiger partial charge in [0.15, 0.2) is 11.5 Å². The maximum absolute atomic E-state index is 12.6. The van der Waals surface area contributed by atoms with E-state index in [-0.39, 0.29) is 0 Å². The second-order valence-corrected chi connectivity index (χ2v) is 7.71. The Labute approximate surface area is 187 Å². The van der Waals surface area contributed by atoms with Crippen LogP contribution in [0.3, 0.4) is 0 Å². The van der Waals surface area contributed by atoms with Crippen molar-refractivity contribution in [3.63, 3.8) is 0 Å². The van der Waals surface area contributed by atoms with Crippen LogP contribution in [0.25, 0.3) is 6.08 Å². The summed E-state index contributed by atoms with van der Waals surface area (Å²) < 4.78 is 26.3. The number of hydrogen-bond donors (Lipinski definition) is 0. The number of hydrogen-bond acceptors (Lipinski definition) is 8. The molecule has 1 fully saturated rings. The van der Waals surface area contributed by atoms with Crippen LogP contribution in [0.4, 0.5) is 0 Å². The topological polar surface area (TPSA) is 97.4 Å². The Morgan fingerprint density at radius 1 is 0.938 bits per heavy atom. The summed E-state index contributed by atoms with van der Waals surface area (Å²) in [7, 11) is 4.47. The average molecular weight is 444 g/mol. The first-order valence-electron chi connectivity index (χ1n) is 10.6. The molecule has 1 saturated carbocycles. The molecule has 0 saturated heterocycles. The van der Waals surface area contributed by atoms with Gasteiger partial charge in [-0.05, 0) is 68.7 Å². The smallest absolute Gasteiger partial charge is 0.358 e. The minimum atomic E-state index is -1.38. The molecule has 0 spiro atoms. The van der Waals surface area contributed by atoms with Crippen molar-refractivity contribution >= 4 is 24.0 Å². The first-order valence-corrected chi connectivity index (χ1v) is 10.6. The van der Waals surface area contributed by atoms with Crippen LogP contribution in [-0.2, 0) is 23.9 Å². The van der Waals surface area contributed by atoms with Crippen LogP contribution < -0.4 is 14.2 Å². The molecular formula is C24H28O8. The Kier molecular flexibility index (Phi) is 7.56. The van der Waals surface area contributed by atoms with E-state index in [1.165, 1.54) is 27.4 Å². The molecule has 0 aromatic heterocycles. The van der Waals surface area contributed by atoms with Crippen molar-refractivity contribution in [1.29, 1.82) is 0 Å². The van der Waals surface area contributed by atoms with Gasteiger partial charge in [0.05, 0.1) is 21.3 Å². The van der Waals surface area contributed by atoms with E-state index < -0.39 is 23.5 Å². The molecule has 1 aromatic carbocycles. The van der Waals surface area contributed by atoms with Crippen LogP contribution in [0.1, 0.15) is 50.5 Å². The van der Waals surface area contributed by atoms with E-state index in [1.54, 1.807) is 12.1 Å². The Hall–Kier alpha value is -3.29. The summed E-state index contributed by atoms with van der Waals surface area (Å²) in [5.74, 6) is -0.925. The molecule has 0 heterocycles. The van der Waals surface area contributed by atoms with Crippen molar-refractivity contribution in [2.45, 2.75) is 50.5 Å². The number of carbonyl (C=O) groups is 3. The van der Waals surface area contributed by atoms with Crippen molar-refractivity contribution in [1.82, 2.24) is 0 Å². The number of allylic oxidation sites excluding steroid dienone is 1. The summed E-state index contributed by atoms with van der Waals surface area (Å²) in [5.41, 5.74) is -0.215. The highest BCUT2D eigenvalue weighted by Crippen LogP contribution is 2.39. The maximum atomic E-state index is 12.6. The van der Waals surface area contributed by atoms with Crippen molar-refractivity contribution in [3.05, 3.63) is 35.4 Å². The van der Waals surface area contributed by atoms with Crippen molar-refractivity contribution < 1.29 is 38.1 Å². The number of carbonyl (C=O) groups excluding carboxylic acids is 3. The van der Waals surface area contributed by atoms with E-state index in [0.29, 0.717) is 47.6 Å². The summed E-state index contributed by atoms with van der Waals surface area (Å²) in [4.78, 5) is 37.4. The lowest BCUT2D eigenvalue weighted by molar-refractivity contribution is -0.192. The van der Waals surface area contributed by atoms with Crippen LogP contribution in [-0.4, -0.2) is 44.8 Å². The van der Waals surface area contributed by atoms with Crippen LogP contribution >= 0.6 is 0 Å². The highest BCUT2D eigenvalue weighted by molar-refractivity contribution is 5.99. The van der Waals surface area contributed by atoms with E-state index in [1.807, 2.05) is 6.08 Å². The molecule has 2 aliphatic carbocycles. The molecule has 0 radical (unpaired) electrons. The lowest BCUT2D eigenvalue weighted by atomic mass is 9.80. The molecule has 0 amide bonds. The summed E-state index contributed by atoms with van der Waals surface area (Å²) in [6, 6.07) is 3.31. The molecule has 2 aliphatic rings. The van der Waals surface area contributed by atoms with E-state index in [9.17, 15) is 14.4 Å². The Balaban J connectivity index is 1.66. The SMILES string of the molecule is COc1cc(C=CC(=O)OC(=O)C2(OC(=O)C3=CCCCC3)CCC2)cc(OC)c1OC. The van der Waals surface area contributed by atoms with E-state index in [2.05, 4.69) is 0 Å². The summed E-state index contributed by atoms with van der Waals surface area (Å²) >= 11 is 0. The fourth-order valence-electron chi connectivity index (χ4n) is 3.69. The van der Waals surface area contributed by atoms with E-state index in [0.717, 1.165) is 31.8 Å². The predicted octanol–water partition coefficient (Wildman–Crippen LogP) is 3.76. The number of rotatable bonds is 8. The van der Waals surface area contributed by atoms with E-state index in [4.69, 9.17) is 23.7 Å². The van der Waals surface area contributed by atoms with Crippen LogP contribution in [0.15, 0.2) is 29.9 Å². The molecule has 0 unspecified atom stereocenters. The van der Waals surface area contributed by atoms with Gasteiger partial charge in [-0.1, -0.05) is 6.08 Å². The Bertz CT molecular complexity index is 914. The zero-order valence-corrected chi connectivity index (χ0v) is 18.6. The number of esters is 3. The minimum Gasteiger partial charge on any atom is -0.493 e. The van der Waals surface area contributed by atoms with Gasteiger partial charge in [-0.15, -0.1) is 0 Å². The first-order chi connectivity index (χ1) is 15.4. The highest BCUT2D eigenvalue weighted by Gasteiger charge is 2.50. The Morgan fingerprint density at radius 2 is 1.62 bits per heavy atom. The normalized spacial score (nSPS) is 17.0. The zero-order chi connectivity index (χ0) is 23.1. The maximum Gasteiger partial charge on any atom is 0.358 e. The standard InChI is InChI=1S/C24H28O8/c1-28-18-14-16(15-19(29-2)21(18)30-3)10-11-20(25)31-23(27)24(12-7-13-24)32-22(26)17-8-5-4-6-9-17/h8,10-11,14-15H,4-7,9,12-13H2,1-3H3. The summed E-state index contributed by atoms with van der Waals surface area (Å²) in [6.45, 7) is 0. The third kappa shape index (κ3) is 5.12. The molecule has 172 valence electrons. The van der Waals surface area contributed by atoms with Gasteiger partial charge in [-0.2, -0.15) is 0 Å². The molecule has 0 bridgehead atoms. The van der Waals surface area contributed by atoms with Gasteiger partial charge in [0.2, 0.25) is 11.4 Å². The van der Waals surface area contributed by atoms with Crippen molar-refractivity contribution in [3.8, 4) is 17.2 Å². The van der Waals surface area contributed by atoms with Gasteiger partial charge in [0, 0.05) is 11.6 Å². The largest absolute Gasteiger partial charge is 0.493 e. The highest BCUT2D eigenvalue weighted by atomic mass is 16.6. The van der Waals surface area contributed by atoms with Gasteiger partial charge >= 0.3 is 17.9 Å². The number of methoxy groups -OCH3 is 3. The van der Waals surface area contributed by atoms with Crippen molar-refractivity contribution in [2.24, 2.45) is 0 Å².